The van der Waals surface area contributed by atoms with Crippen LogP contribution in [0, 0.1) is 0 Å². The minimum atomic E-state index is -0.260. The second-order valence-corrected chi connectivity index (χ2v) is 4.44. The molecule has 7 nitrogen and oxygen atoms in total. The van der Waals surface area contributed by atoms with E-state index in [0.717, 1.165) is 0 Å². The van der Waals surface area contributed by atoms with Gasteiger partial charge in [-0.3, -0.25) is 9.59 Å². The van der Waals surface area contributed by atoms with Gasteiger partial charge >= 0.3 is 0 Å². The summed E-state index contributed by atoms with van der Waals surface area (Å²) in [7, 11) is 3.18. The zero-order valence-corrected chi connectivity index (χ0v) is 11.4. The minimum absolute atomic E-state index is 0.122. The lowest BCUT2D eigenvalue weighted by molar-refractivity contribution is -0.120. The van der Waals surface area contributed by atoms with Gasteiger partial charge < -0.3 is 25.4 Å². The maximum absolute atomic E-state index is 12.3. The standard InChI is InChI=1S/C13H17N3O4/c1-15-12(17)3-4-16(2)13(18)8-5-10-11(6-9(8)14)20-7-19-10/h5-6H,3-4,7,14H2,1-2H3,(H,15,17). The molecule has 0 saturated carbocycles. The van der Waals surface area contributed by atoms with Gasteiger partial charge in [-0.25, -0.2) is 0 Å². The van der Waals surface area contributed by atoms with E-state index in [-0.39, 0.29) is 25.0 Å². The van der Waals surface area contributed by atoms with E-state index < -0.39 is 0 Å². The van der Waals surface area contributed by atoms with Gasteiger partial charge in [-0.1, -0.05) is 0 Å². The zero-order valence-electron chi connectivity index (χ0n) is 11.4. The molecule has 1 heterocycles. The van der Waals surface area contributed by atoms with Crippen molar-refractivity contribution in [3.05, 3.63) is 17.7 Å². The van der Waals surface area contributed by atoms with Crippen LogP contribution in [0.15, 0.2) is 12.1 Å². The third-order valence-electron chi connectivity index (χ3n) is 3.07. The molecule has 0 radical (unpaired) electrons. The van der Waals surface area contributed by atoms with Gasteiger partial charge in [-0.15, -0.1) is 0 Å². The van der Waals surface area contributed by atoms with Crippen molar-refractivity contribution in [3.63, 3.8) is 0 Å². The number of benzene rings is 1. The van der Waals surface area contributed by atoms with E-state index in [0.29, 0.717) is 29.3 Å². The van der Waals surface area contributed by atoms with Gasteiger partial charge in [0.05, 0.1) is 5.56 Å². The maximum Gasteiger partial charge on any atom is 0.255 e. The van der Waals surface area contributed by atoms with Gasteiger partial charge in [-0.05, 0) is 6.07 Å². The number of fused-ring (bicyclic) bond motifs is 1. The molecule has 0 saturated heterocycles. The summed E-state index contributed by atoms with van der Waals surface area (Å²) in [5.74, 6) is 0.655. The summed E-state index contributed by atoms with van der Waals surface area (Å²) in [6.07, 6.45) is 0.239. The summed E-state index contributed by atoms with van der Waals surface area (Å²) in [4.78, 5) is 24.9. The maximum atomic E-state index is 12.3. The molecule has 7 heteroatoms. The van der Waals surface area contributed by atoms with Gasteiger partial charge in [0.1, 0.15) is 0 Å². The van der Waals surface area contributed by atoms with Crippen molar-refractivity contribution < 1.29 is 19.1 Å². The van der Waals surface area contributed by atoms with Crippen LogP contribution in [0.25, 0.3) is 0 Å². The predicted octanol–water partition coefficient (Wildman–Crippen LogP) is 0.206. The van der Waals surface area contributed by atoms with Crippen molar-refractivity contribution in [2.24, 2.45) is 0 Å². The van der Waals surface area contributed by atoms with Crippen LogP contribution in [0.3, 0.4) is 0 Å². The molecule has 2 amide bonds. The average Bonchev–Trinajstić information content (AvgIpc) is 2.89. The molecule has 1 aromatic carbocycles. The Bertz CT molecular complexity index is 545. The van der Waals surface area contributed by atoms with Crippen molar-refractivity contribution in [1.82, 2.24) is 10.2 Å². The van der Waals surface area contributed by atoms with E-state index in [1.807, 2.05) is 0 Å². The van der Waals surface area contributed by atoms with E-state index in [9.17, 15) is 9.59 Å². The molecule has 20 heavy (non-hydrogen) atoms. The zero-order chi connectivity index (χ0) is 14.7. The number of amides is 2. The molecular formula is C13H17N3O4. The molecule has 108 valence electrons. The normalized spacial score (nSPS) is 12.1. The van der Waals surface area contributed by atoms with Crippen LogP contribution in [-0.4, -0.2) is 44.1 Å². The number of carbonyl (C=O) groups is 2. The van der Waals surface area contributed by atoms with Crippen molar-refractivity contribution in [2.75, 3.05) is 33.2 Å². The molecule has 3 N–H and O–H groups in total. The number of carbonyl (C=O) groups excluding carboxylic acids is 2. The molecule has 1 aliphatic heterocycles. The monoisotopic (exact) mass is 279 g/mol. The van der Waals surface area contributed by atoms with Gasteiger partial charge in [0.2, 0.25) is 12.7 Å². The van der Waals surface area contributed by atoms with Gasteiger partial charge in [-0.2, -0.15) is 0 Å². The van der Waals surface area contributed by atoms with Crippen LogP contribution >= 0.6 is 0 Å². The SMILES string of the molecule is CNC(=O)CCN(C)C(=O)c1cc2c(cc1N)OCO2. The fourth-order valence-electron chi connectivity index (χ4n) is 1.84. The van der Waals surface area contributed by atoms with Gasteiger partial charge in [0, 0.05) is 38.8 Å². The fourth-order valence-corrected chi connectivity index (χ4v) is 1.84. The van der Waals surface area contributed by atoms with Crippen LogP contribution < -0.4 is 20.5 Å². The average molecular weight is 279 g/mol. The number of nitrogens with zero attached hydrogens (tertiary/aromatic N) is 1. The highest BCUT2D eigenvalue weighted by Gasteiger charge is 2.21. The van der Waals surface area contributed by atoms with E-state index in [2.05, 4.69) is 5.32 Å². The molecular weight excluding hydrogens is 262 g/mol. The molecule has 0 bridgehead atoms. The summed E-state index contributed by atoms with van der Waals surface area (Å²) in [6.45, 7) is 0.436. The topological polar surface area (TPSA) is 93.9 Å². The van der Waals surface area contributed by atoms with Crippen molar-refractivity contribution in [2.45, 2.75) is 6.42 Å². The highest BCUT2D eigenvalue weighted by atomic mass is 16.7. The lowest BCUT2D eigenvalue weighted by atomic mass is 10.1. The first kappa shape index (κ1) is 14.0. The largest absolute Gasteiger partial charge is 0.454 e. The number of hydrogen-bond donors (Lipinski definition) is 2. The lowest BCUT2D eigenvalue weighted by Gasteiger charge is -2.18. The number of rotatable bonds is 4. The molecule has 0 aromatic heterocycles. The first-order valence-corrected chi connectivity index (χ1v) is 6.18. The van der Waals surface area contributed by atoms with Crippen LogP contribution in [0.5, 0.6) is 11.5 Å². The smallest absolute Gasteiger partial charge is 0.255 e. The molecule has 1 aliphatic rings. The van der Waals surface area contributed by atoms with Crippen LogP contribution in [-0.2, 0) is 4.79 Å². The Morgan fingerprint density at radius 3 is 2.65 bits per heavy atom. The van der Waals surface area contributed by atoms with E-state index in [1.165, 1.54) is 4.90 Å². The minimum Gasteiger partial charge on any atom is -0.454 e. The van der Waals surface area contributed by atoms with E-state index in [4.69, 9.17) is 15.2 Å². The highest BCUT2D eigenvalue weighted by molar-refractivity contribution is 6.00. The Balaban J connectivity index is 2.10. The van der Waals surface area contributed by atoms with E-state index >= 15 is 0 Å². The summed E-state index contributed by atoms with van der Waals surface area (Å²) in [5, 5.41) is 2.51. The van der Waals surface area contributed by atoms with Crippen molar-refractivity contribution in [1.29, 1.82) is 0 Å². The Morgan fingerprint density at radius 2 is 2.00 bits per heavy atom. The Hall–Kier alpha value is -2.44. The Kier molecular flexibility index (Phi) is 3.97. The molecule has 0 fully saturated rings. The molecule has 2 rings (SSSR count). The second-order valence-electron chi connectivity index (χ2n) is 4.44. The first-order valence-electron chi connectivity index (χ1n) is 6.18. The second kappa shape index (κ2) is 5.68. The number of hydrogen-bond acceptors (Lipinski definition) is 5. The van der Waals surface area contributed by atoms with Crippen molar-refractivity contribution in [3.8, 4) is 11.5 Å². The van der Waals surface area contributed by atoms with E-state index in [1.54, 1.807) is 26.2 Å². The number of ether oxygens (including phenoxy) is 2. The third kappa shape index (κ3) is 2.76. The number of nitrogen functional groups attached to an aromatic ring is 1. The number of nitrogens with one attached hydrogen (secondary N) is 1. The highest BCUT2D eigenvalue weighted by Crippen LogP contribution is 2.36. The molecule has 0 spiro atoms. The first-order chi connectivity index (χ1) is 9.52. The predicted molar refractivity (Wildman–Crippen MR) is 72.6 cm³/mol. The summed E-state index contributed by atoms with van der Waals surface area (Å²) < 4.78 is 10.4. The van der Waals surface area contributed by atoms with Gasteiger partial charge in [0.25, 0.3) is 5.91 Å². The molecule has 0 aliphatic carbocycles. The van der Waals surface area contributed by atoms with Crippen LogP contribution in [0.2, 0.25) is 0 Å². The fraction of sp³-hybridized carbons (Fsp3) is 0.385. The molecule has 0 unspecified atom stereocenters. The summed E-state index contributed by atoms with van der Waals surface area (Å²) >= 11 is 0. The van der Waals surface area contributed by atoms with Crippen LogP contribution in [0.1, 0.15) is 16.8 Å². The number of nitrogens with two attached hydrogens (primary N) is 1. The Morgan fingerprint density at radius 1 is 1.35 bits per heavy atom. The van der Waals surface area contributed by atoms with Crippen LogP contribution in [0.4, 0.5) is 5.69 Å². The lowest BCUT2D eigenvalue weighted by Crippen LogP contribution is -2.31. The van der Waals surface area contributed by atoms with Crippen molar-refractivity contribution >= 4 is 17.5 Å². The third-order valence-corrected chi connectivity index (χ3v) is 3.07. The quantitative estimate of drug-likeness (QED) is 0.768. The summed E-state index contributed by atoms with van der Waals surface area (Å²) in [6, 6.07) is 3.14. The summed E-state index contributed by atoms with van der Waals surface area (Å²) in [5.41, 5.74) is 6.52. The Labute approximate surface area is 116 Å². The molecule has 0 atom stereocenters. The molecule has 1 aromatic rings. The van der Waals surface area contributed by atoms with Gasteiger partial charge in [0.15, 0.2) is 11.5 Å². The number of anilines is 1.